The molecule has 2 aliphatic rings. The van der Waals surface area contributed by atoms with Crippen LogP contribution in [0.3, 0.4) is 0 Å². The van der Waals surface area contributed by atoms with E-state index in [1.165, 1.54) is 4.31 Å². The second-order valence-electron chi connectivity index (χ2n) is 7.46. The van der Waals surface area contributed by atoms with Gasteiger partial charge in [0.05, 0.1) is 18.1 Å². The fourth-order valence-corrected chi connectivity index (χ4v) is 4.94. The lowest BCUT2D eigenvalue weighted by atomic mass is 10.0. The molecule has 0 bridgehead atoms. The maximum atomic E-state index is 12.6. The number of likely N-dealkylation sites (N-methyl/N-ethyl adjacent to an activating group) is 1. The highest BCUT2D eigenvalue weighted by molar-refractivity contribution is 7.89. The Labute approximate surface area is 167 Å². The van der Waals surface area contributed by atoms with Crippen molar-refractivity contribution < 1.29 is 17.9 Å². The quantitative estimate of drug-likeness (QED) is 0.688. The van der Waals surface area contributed by atoms with E-state index < -0.39 is 10.0 Å². The molecule has 154 valence electrons. The first-order valence-electron chi connectivity index (χ1n) is 9.69. The van der Waals surface area contributed by atoms with Crippen LogP contribution in [0, 0.1) is 0 Å². The molecule has 0 aromatic heterocycles. The van der Waals surface area contributed by atoms with Crippen LogP contribution in [0.15, 0.2) is 35.2 Å². The molecule has 0 spiro atoms. The van der Waals surface area contributed by atoms with Gasteiger partial charge in [0.15, 0.2) is 0 Å². The van der Waals surface area contributed by atoms with Crippen molar-refractivity contribution in [3.63, 3.8) is 0 Å². The first-order chi connectivity index (χ1) is 13.4. The first-order valence-corrected chi connectivity index (χ1v) is 11.1. The minimum Gasteiger partial charge on any atom is -0.379 e. The number of carbonyl (C=O) groups excluding carboxylic acids is 1. The highest BCUT2D eigenvalue weighted by Gasteiger charge is 2.26. The van der Waals surface area contributed by atoms with E-state index >= 15 is 0 Å². The predicted octanol–water partition coefficient (Wildman–Crippen LogP) is 1.27. The van der Waals surface area contributed by atoms with Crippen LogP contribution in [0.1, 0.15) is 18.4 Å². The summed E-state index contributed by atoms with van der Waals surface area (Å²) in [6, 6.07) is 7.05. The molecule has 7 nitrogen and oxygen atoms in total. The summed E-state index contributed by atoms with van der Waals surface area (Å²) in [7, 11) is 0.593. The number of piperidine rings is 1. The Morgan fingerprint density at radius 1 is 1.14 bits per heavy atom. The molecule has 2 fully saturated rings. The molecule has 2 heterocycles. The van der Waals surface area contributed by atoms with E-state index in [9.17, 15) is 13.2 Å². The third-order valence-electron chi connectivity index (χ3n) is 5.34. The molecule has 0 N–H and O–H groups in total. The van der Waals surface area contributed by atoms with Gasteiger partial charge in [-0.25, -0.2) is 8.42 Å². The number of sulfonamides is 1. The van der Waals surface area contributed by atoms with Crippen molar-refractivity contribution in [3.8, 4) is 0 Å². The van der Waals surface area contributed by atoms with Crippen LogP contribution < -0.4 is 0 Å². The number of hydrogen-bond acceptors (Lipinski definition) is 5. The van der Waals surface area contributed by atoms with Gasteiger partial charge in [0, 0.05) is 38.3 Å². The van der Waals surface area contributed by atoms with E-state index in [2.05, 4.69) is 4.90 Å². The summed E-state index contributed by atoms with van der Waals surface area (Å²) in [6.45, 7) is 3.13. The number of amides is 1. The van der Waals surface area contributed by atoms with Crippen molar-refractivity contribution in [1.82, 2.24) is 14.1 Å². The average molecular weight is 408 g/mol. The van der Waals surface area contributed by atoms with Gasteiger partial charge in [-0.3, -0.25) is 4.79 Å². The minimum atomic E-state index is -3.49. The standard InChI is InChI=1S/C20H29N3O4S/c1-21(2)18-4-3-11-22(16-18)20(24)10-7-17-5-8-19(9-6-17)28(25,26)23-12-14-27-15-13-23/h5-10,18H,3-4,11-16H2,1-2H3/b10-7+. The second-order valence-corrected chi connectivity index (χ2v) is 9.40. The molecule has 0 aliphatic carbocycles. The summed E-state index contributed by atoms with van der Waals surface area (Å²) in [4.78, 5) is 16.8. The van der Waals surface area contributed by atoms with Crippen molar-refractivity contribution in [3.05, 3.63) is 35.9 Å². The van der Waals surface area contributed by atoms with E-state index in [-0.39, 0.29) is 10.8 Å². The van der Waals surface area contributed by atoms with Gasteiger partial charge in [0.2, 0.25) is 15.9 Å². The maximum Gasteiger partial charge on any atom is 0.246 e. The van der Waals surface area contributed by atoms with E-state index in [0.29, 0.717) is 32.3 Å². The fourth-order valence-electron chi connectivity index (χ4n) is 3.54. The summed E-state index contributed by atoms with van der Waals surface area (Å²) in [5.74, 6) is -0.00318. The van der Waals surface area contributed by atoms with Crippen LogP contribution >= 0.6 is 0 Å². The van der Waals surface area contributed by atoms with Gasteiger partial charge in [-0.2, -0.15) is 4.31 Å². The first kappa shape index (κ1) is 21.0. The molecule has 1 unspecified atom stereocenters. The van der Waals surface area contributed by atoms with Crippen molar-refractivity contribution in [2.75, 3.05) is 53.5 Å². The Morgan fingerprint density at radius 3 is 2.46 bits per heavy atom. The summed E-state index contributed by atoms with van der Waals surface area (Å²) in [6.07, 6.45) is 5.44. The number of ether oxygens (including phenoxy) is 1. The van der Waals surface area contributed by atoms with E-state index in [1.807, 2.05) is 19.0 Å². The maximum absolute atomic E-state index is 12.6. The minimum absolute atomic E-state index is 0.00318. The molecule has 1 aromatic carbocycles. The van der Waals surface area contributed by atoms with Gasteiger partial charge in [-0.1, -0.05) is 12.1 Å². The number of morpholine rings is 1. The molecule has 3 rings (SSSR count). The van der Waals surface area contributed by atoms with E-state index in [1.54, 1.807) is 36.4 Å². The molecular weight excluding hydrogens is 378 g/mol. The number of likely N-dealkylation sites (tertiary alicyclic amines) is 1. The summed E-state index contributed by atoms with van der Waals surface area (Å²) >= 11 is 0. The lowest BCUT2D eigenvalue weighted by molar-refractivity contribution is -0.127. The molecule has 2 aliphatic heterocycles. The Hall–Kier alpha value is -1.74. The van der Waals surface area contributed by atoms with Crippen LogP contribution in [0.5, 0.6) is 0 Å². The molecular formula is C20H29N3O4S. The molecule has 0 radical (unpaired) electrons. The SMILES string of the molecule is CN(C)C1CCCN(C(=O)/C=C/c2ccc(S(=O)(=O)N3CCOCC3)cc2)C1. The van der Waals surface area contributed by atoms with Gasteiger partial charge in [0.1, 0.15) is 0 Å². The molecule has 2 saturated heterocycles. The molecule has 1 atom stereocenters. The van der Waals surface area contributed by atoms with Gasteiger partial charge in [-0.15, -0.1) is 0 Å². The molecule has 1 amide bonds. The Bertz CT molecular complexity index is 799. The van der Waals surface area contributed by atoms with Gasteiger partial charge < -0.3 is 14.5 Å². The molecule has 28 heavy (non-hydrogen) atoms. The molecule has 8 heteroatoms. The number of hydrogen-bond donors (Lipinski definition) is 0. The van der Waals surface area contributed by atoms with Gasteiger partial charge in [-0.05, 0) is 50.7 Å². The third-order valence-corrected chi connectivity index (χ3v) is 7.26. The zero-order valence-corrected chi connectivity index (χ0v) is 17.4. The van der Waals surface area contributed by atoms with Gasteiger partial charge >= 0.3 is 0 Å². The molecule has 1 aromatic rings. The molecule has 0 saturated carbocycles. The second kappa shape index (κ2) is 9.17. The predicted molar refractivity (Wildman–Crippen MR) is 108 cm³/mol. The fraction of sp³-hybridized carbons (Fsp3) is 0.550. The number of rotatable bonds is 5. The number of carbonyl (C=O) groups is 1. The lowest BCUT2D eigenvalue weighted by Gasteiger charge is -2.35. The Kier molecular flexibility index (Phi) is 6.87. The highest BCUT2D eigenvalue weighted by Crippen LogP contribution is 2.19. The normalized spacial score (nSPS) is 22.1. The van der Waals surface area contributed by atoms with E-state index in [0.717, 1.165) is 31.5 Å². The summed E-state index contributed by atoms with van der Waals surface area (Å²) < 4.78 is 32.0. The summed E-state index contributed by atoms with van der Waals surface area (Å²) in [5, 5.41) is 0. The van der Waals surface area contributed by atoms with Crippen LogP contribution in [-0.4, -0.2) is 88.0 Å². The Morgan fingerprint density at radius 2 is 1.82 bits per heavy atom. The number of nitrogens with zero attached hydrogens (tertiary/aromatic N) is 3. The smallest absolute Gasteiger partial charge is 0.246 e. The zero-order valence-electron chi connectivity index (χ0n) is 16.6. The van der Waals surface area contributed by atoms with Crippen molar-refractivity contribution >= 4 is 22.0 Å². The summed E-state index contributed by atoms with van der Waals surface area (Å²) in [5.41, 5.74) is 0.801. The van der Waals surface area contributed by atoms with E-state index in [4.69, 9.17) is 4.74 Å². The topological polar surface area (TPSA) is 70.2 Å². The Balaban J connectivity index is 1.63. The van der Waals surface area contributed by atoms with Crippen molar-refractivity contribution in [1.29, 1.82) is 0 Å². The third kappa shape index (κ3) is 5.00. The zero-order chi connectivity index (χ0) is 20.1. The largest absolute Gasteiger partial charge is 0.379 e. The average Bonchev–Trinajstić information content (AvgIpc) is 2.73. The van der Waals surface area contributed by atoms with Crippen molar-refractivity contribution in [2.45, 2.75) is 23.8 Å². The lowest BCUT2D eigenvalue weighted by Crippen LogP contribution is -2.47. The van der Waals surface area contributed by atoms with Gasteiger partial charge in [0.25, 0.3) is 0 Å². The highest BCUT2D eigenvalue weighted by atomic mass is 32.2. The monoisotopic (exact) mass is 407 g/mol. The van der Waals surface area contributed by atoms with Crippen LogP contribution in [-0.2, 0) is 19.6 Å². The van der Waals surface area contributed by atoms with Crippen LogP contribution in [0.4, 0.5) is 0 Å². The van der Waals surface area contributed by atoms with Crippen LogP contribution in [0.25, 0.3) is 6.08 Å². The van der Waals surface area contributed by atoms with Crippen molar-refractivity contribution in [2.24, 2.45) is 0 Å². The number of benzene rings is 1. The van der Waals surface area contributed by atoms with Crippen LogP contribution in [0.2, 0.25) is 0 Å².